The second kappa shape index (κ2) is 5.27. The molecule has 1 heterocycles. The van der Waals surface area contributed by atoms with E-state index in [2.05, 4.69) is 0 Å². The molecule has 1 amide bonds. The predicted octanol–water partition coefficient (Wildman–Crippen LogP) is 0.778. The number of fused-ring (bicyclic) bond motifs is 1. The Balaban J connectivity index is 2.14. The number of nitrogens with zero attached hydrogens (tertiary/aromatic N) is 1. The van der Waals surface area contributed by atoms with E-state index >= 15 is 0 Å². The fourth-order valence-electron chi connectivity index (χ4n) is 2.08. The lowest BCUT2D eigenvalue weighted by atomic mass is 10.1. The lowest BCUT2D eigenvalue weighted by Gasteiger charge is -2.35. The fraction of sp³-hybridized carbons (Fsp3) is 0.462. The van der Waals surface area contributed by atoms with Crippen molar-refractivity contribution in [2.24, 2.45) is 5.73 Å². The van der Waals surface area contributed by atoms with Crippen molar-refractivity contribution in [3.05, 3.63) is 23.8 Å². The number of hydrogen-bond donors (Lipinski definition) is 2. The molecule has 5 nitrogen and oxygen atoms in total. The Bertz CT molecular complexity index is 448. The molecule has 5 heteroatoms. The van der Waals surface area contributed by atoms with E-state index in [1.54, 1.807) is 0 Å². The number of carbonyl (C=O) groups is 1. The van der Waals surface area contributed by atoms with Gasteiger partial charge in [0.25, 0.3) is 0 Å². The van der Waals surface area contributed by atoms with Gasteiger partial charge in [-0.1, -0.05) is 6.07 Å². The number of nitrogens with two attached hydrogens (primary N) is 1. The predicted molar refractivity (Wildman–Crippen MR) is 68.5 cm³/mol. The molecule has 0 bridgehead atoms. The summed E-state index contributed by atoms with van der Waals surface area (Å²) in [6.45, 7) is 2.82. The molecule has 1 aliphatic rings. The number of ether oxygens (including phenoxy) is 1. The van der Waals surface area contributed by atoms with Crippen LogP contribution >= 0.6 is 0 Å². The van der Waals surface area contributed by atoms with Crippen molar-refractivity contribution in [3.63, 3.8) is 0 Å². The summed E-state index contributed by atoms with van der Waals surface area (Å²) >= 11 is 0. The fourth-order valence-corrected chi connectivity index (χ4v) is 2.08. The highest BCUT2D eigenvalue weighted by molar-refractivity contribution is 5.73. The SMILES string of the molecule is Cc1ccc2c(c1)N(CCCC(N)=O)C(O)CO2. The summed E-state index contributed by atoms with van der Waals surface area (Å²) in [5, 5.41) is 9.96. The first-order chi connectivity index (χ1) is 8.58. The summed E-state index contributed by atoms with van der Waals surface area (Å²) in [6, 6.07) is 5.84. The molecule has 1 aromatic rings. The molecule has 1 atom stereocenters. The Labute approximate surface area is 106 Å². The molecule has 0 radical (unpaired) electrons. The van der Waals surface area contributed by atoms with Gasteiger partial charge in [0.1, 0.15) is 12.4 Å². The minimum atomic E-state index is -0.674. The Morgan fingerprint density at radius 1 is 1.61 bits per heavy atom. The van der Waals surface area contributed by atoms with Gasteiger partial charge in [0.05, 0.1) is 5.69 Å². The molecule has 18 heavy (non-hydrogen) atoms. The molecule has 2 rings (SSSR count). The molecule has 1 unspecified atom stereocenters. The molecule has 1 aromatic carbocycles. The molecule has 1 aliphatic heterocycles. The quantitative estimate of drug-likeness (QED) is 0.828. The number of rotatable bonds is 4. The maximum Gasteiger partial charge on any atom is 0.217 e. The summed E-state index contributed by atoms with van der Waals surface area (Å²) in [4.78, 5) is 12.6. The van der Waals surface area contributed by atoms with E-state index in [-0.39, 0.29) is 12.5 Å². The van der Waals surface area contributed by atoms with E-state index in [0.717, 1.165) is 17.0 Å². The van der Waals surface area contributed by atoms with Crippen LogP contribution in [0.15, 0.2) is 18.2 Å². The summed E-state index contributed by atoms with van der Waals surface area (Å²) in [7, 11) is 0. The lowest BCUT2D eigenvalue weighted by molar-refractivity contribution is -0.118. The third-order valence-corrected chi connectivity index (χ3v) is 2.99. The standard InChI is InChI=1S/C13H18N2O3/c1-9-4-5-11-10(7-9)15(13(17)8-18-11)6-2-3-12(14)16/h4-5,7,13,17H,2-3,6,8H2,1H3,(H2,14,16). The first kappa shape index (κ1) is 12.7. The van der Waals surface area contributed by atoms with Gasteiger partial charge in [-0.25, -0.2) is 0 Å². The third-order valence-electron chi connectivity index (χ3n) is 2.99. The highest BCUT2D eigenvalue weighted by Gasteiger charge is 2.25. The van der Waals surface area contributed by atoms with E-state index < -0.39 is 6.23 Å². The molecule has 0 aromatic heterocycles. The molecular weight excluding hydrogens is 232 g/mol. The zero-order chi connectivity index (χ0) is 13.1. The zero-order valence-corrected chi connectivity index (χ0v) is 10.4. The number of benzene rings is 1. The van der Waals surface area contributed by atoms with Crippen LogP contribution < -0.4 is 15.4 Å². The van der Waals surface area contributed by atoms with Crippen molar-refractivity contribution in [3.8, 4) is 5.75 Å². The van der Waals surface area contributed by atoms with Gasteiger partial charge in [0, 0.05) is 13.0 Å². The normalized spacial score (nSPS) is 18.1. The number of aliphatic hydroxyl groups is 1. The zero-order valence-electron chi connectivity index (χ0n) is 10.4. The number of carbonyl (C=O) groups excluding carboxylic acids is 1. The Morgan fingerprint density at radius 2 is 2.39 bits per heavy atom. The maximum atomic E-state index is 10.7. The third kappa shape index (κ3) is 2.73. The molecule has 0 fully saturated rings. The monoisotopic (exact) mass is 250 g/mol. The van der Waals surface area contributed by atoms with Gasteiger partial charge in [-0.2, -0.15) is 0 Å². The minimum Gasteiger partial charge on any atom is -0.487 e. The van der Waals surface area contributed by atoms with Crippen molar-refractivity contribution in [1.29, 1.82) is 0 Å². The number of amides is 1. The average Bonchev–Trinajstić information content (AvgIpc) is 2.31. The molecule has 0 spiro atoms. The molecule has 3 N–H and O–H groups in total. The van der Waals surface area contributed by atoms with Crippen LogP contribution in [0.5, 0.6) is 5.75 Å². The van der Waals surface area contributed by atoms with Crippen LogP contribution in [0.1, 0.15) is 18.4 Å². The van der Waals surface area contributed by atoms with Gasteiger partial charge in [-0.3, -0.25) is 4.79 Å². The summed E-state index contributed by atoms with van der Waals surface area (Å²) in [5.41, 5.74) is 7.09. The summed E-state index contributed by atoms with van der Waals surface area (Å²) in [6.07, 6.45) is 0.275. The van der Waals surface area contributed by atoms with Crippen LogP contribution in [0.4, 0.5) is 5.69 Å². The van der Waals surface area contributed by atoms with Crippen molar-refractivity contribution in [2.75, 3.05) is 18.1 Å². The Morgan fingerprint density at radius 3 is 3.11 bits per heavy atom. The Hall–Kier alpha value is -1.75. The molecular formula is C13H18N2O3. The minimum absolute atomic E-state index is 0.243. The van der Waals surface area contributed by atoms with Crippen LogP contribution in [-0.4, -0.2) is 30.4 Å². The van der Waals surface area contributed by atoms with Crippen LogP contribution in [0.25, 0.3) is 0 Å². The van der Waals surface area contributed by atoms with E-state index in [1.807, 2.05) is 30.0 Å². The summed E-state index contributed by atoms with van der Waals surface area (Å²) in [5.74, 6) is 0.451. The molecule has 0 aliphatic carbocycles. The van der Waals surface area contributed by atoms with Crippen molar-refractivity contribution in [1.82, 2.24) is 0 Å². The van der Waals surface area contributed by atoms with E-state index in [1.165, 1.54) is 0 Å². The van der Waals surface area contributed by atoms with Crippen LogP contribution in [-0.2, 0) is 4.79 Å². The first-order valence-corrected chi connectivity index (χ1v) is 6.04. The number of primary amides is 1. The van der Waals surface area contributed by atoms with Crippen LogP contribution in [0.2, 0.25) is 0 Å². The van der Waals surface area contributed by atoms with Crippen molar-refractivity contribution < 1.29 is 14.6 Å². The number of hydrogen-bond acceptors (Lipinski definition) is 4. The van der Waals surface area contributed by atoms with Crippen molar-refractivity contribution >= 4 is 11.6 Å². The Kier molecular flexibility index (Phi) is 3.72. The average molecular weight is 250 g/mol. The van der Waals surface area contributed by atoms with Crippen LogP contribution in [0.3, 0.4) is 0 Å². The van der Waals surface area contributed by atoms with E-state index in [9.17, 15) is 9.90 Å². The van der Waals surface area contributed by atoms with Gasteiger partial charge in [0.15, 0.2) is 6.23 Å². The first-order valence-electron chi connectivity index (χ1n) is 6.04. The molecule has 0 saturated carbocycles. The smallest absolute Gasteiger partial charge is 0.217 e. The van der Waals surface area contributed by atoms with Gasteiger partial charge in [-0.15, -0.1) is 0 Å². The highest BCUT2D eigenvalue weighted by Crippen LogP contribution is 2.34. The second-order valence-corrected chi connectivity index (χ2v) is 4.53. The lowest BCUT2D eigenvalue weighted by Crippen LogP contribution is -2.43. The highest BCUT2D eigenvalue weighted by atomic mass is 16.5. The van der Waals surface area contributed by atoms with E-state index in [0.29, 0.717) is 19.4 Å². The molecule has 0 saturated heterocycles. The maximum absolute atomic E-state index is 10.7. The van der Waals surface area contributed by atoms with E-state index in [4.69, 9.17) is 10.5 Å². The van der Waals surface area contributed by atoms with Crippen molar-refractivity contribution in [2.45, 2.75) is 26.0 Å². The number of aliphatic hydroxyl groups excluding tert-OH is 1. The van der Waals surface area contributed by atoms with Gasteiger partial charge >= 0.3 is 0 Å². The van der Waals surface area contributed by atoms with Gasteiger partial charge in [-0.05, 0) is 31.0 Å². The molecule has 98 valence electrons. The summed E-state index contributed by atoms with van der Waals surface area (Å²) < 4.78 is 5.47. The topological polar surface area (TPSA) is 75.8 Å². The van der Waals surface area contributed by atoms with Gasteiger partial charge in [0.2, 0.25) is 5.91 Å². The van der Waals surface area contributed by atoms with Gasteiger partial charge < -0.3 is 20.5 Å². The largest absolute Gasteiger partial charge is 0.487 e. The second-order valence-electron chi connectivity index (χ2n) is 4.53. The number of anilines is 1. The number of aryl methyl sites for hydroxylation is 1. The van der Waals surface area contributed by atoms with Crippen LogP contribution in [0, 0.1) is 6.92 Å².